The molecule has 0 spiro atoms. The highest BCUT2D eigenvalue weighted by atomic mass is 32.2. The molecule has 0 radical (unpaired) electrons. The highest BCUT2D eigenvalue weighted by Crippen LogP contribution is 2.28. The zero-order valence-electron chi connectivity index (χ0n) is 9.66. The molecule has 0 unspecified atom stereocenters. The van der Waals surface area contributed by atoms with Gasteiger partial charge >= 0.3 is 7.12 Å². The summed E-state index contributed by atoms with van der Waals surface area (Å²) < 4.78 is 11.2. The summed E-state index contributed by atoms with van der Waals surface area (Å²) in [5.74, 6) is 1.01. The summed E-state index contributed by atoms with van der Waals surface area (Å²) in [7, 11) is -0.237. The Kier molecular flexibility index (Phi) is 5.19. The molecule has 1 heterocycles. The van der Waals surface area contributed by atoms with Crippen molar-refractivity contribution in [1.82, 2.24) is 0 Å². The van der Waals surface area contributed by atoms with Crippen LogP contribution in [0.25, 0.3) is 0 Å². The first-order valence-electron chi connectivity index (χ1n) is 5.28. The first-order valence-corrected chi connectivity index (χ1v) is 6.27. The van der Waals surface area contributed by atoms with E-state index < -0.39 is 0 Å². The number of hydrogen-bond acceptors (Lipinski definition) is 4. The molecule has 15 heavy (non-hydrogen) atoms. The summed E-state index contributed by atoms with van der Waals surface area (Å²) in [4.78, 5) is 1.12. The average Bonchev–Trinajstić information content (AvgIpc) is 2.27. The van der Waals surface area contributed by atoms with E-state index in [1.807, 2.05) is 19.9 Å². The van der Waals surface area contributed by atoms with Crippen LogP contribution in [-0.4, -0.2) is 37.8 Å². The van der Waals surface area contributed by atoms with Crippen LogP contribution in [0, 0.1) is 5.41 Å². The first kappa shape index (κ1) is 13.1. The Labute approximate surface area is 96.4 Å². The Balaban J connectivity index is 2.49. The van der Waals surface area contributed by atoms with Crippen molar-refractivity contribution in [2.75, 3.05) is 25.6 Å². The third kappa shape index (κ3) is 3.52. The Morgan fingerprint density at radius 1 is 1.53 bits per heavy atom. The van der Waals surface area contributed by atoms with Gasteiger partial charge in [-0.15, -0.1) is 11.8 Å². The molecule has 1 aliphatic heterocycles. The molecular formula is C10H19BO3S. The number of hydrogen-bond donors (Lipinski definition) is 1. The van der Waals surface area contributed by atoms with Crippen LogP contribution in [0.2, 0.25) is 0 Å². The van der Waals surface area contributed by atoms with Crippen LogP contribution in [0.15, 0.2) is 10.9 Å². The summed E-state index contributed by atoms with van der Waals surface area (Å²) in [6, 6.07) is 0. The second-order valence-electron chi connectivity index (χ2n) is 4.05. The van der Waals surface area contributed by atoms with E-state index in [0.29, 0.717) is 13.2 Å². The van der Waals surface area contributed by atoms with Crippen LogP contribution < -0.4 is 0 Å². The van der Waals surface area contributed by atoms with E-state index in [0.717, 1.165) is 10.6 Å². The molecule has 0 aromatic carbocycles. The molecule has 0 bridgehead atoms. The zero-order valence-corrected chi connectivity index (χ0v) is 10.5. The maximum Gasteiger partial charge on any atom is 0.500 e. The molecule has 1 N–H and O–H groups in total. The largest absolute Gasteiger partial charge is 0.500 e. The number of aliphatic hydroxyl groups is 1. The topological polar surface area (TPSA) is 38.7 Å². The smallest absolute Gasteiger partial charge is 0.406 e. The Bertz CT molecular complexity index is 225. The van der Waals surface area contributed by atoms with E-state index in [9.17, 15) is 0 Å². The van der Waals surface area contributed by atoms with Crippen molar-refractivity contribution in [3.8, 4) is 0 Å². The predicted octanol–water partition coefficient (Wildman–Crippen LogP) is 1.72. The lowest BCUT2D eigenvalue weighted by Crippen LogP contribution is -2.45. The van der Waals surface area contributed by atoms with Crippen LogP contribution in [0.5, 0.6) is 0 Å². The first-order chi connectivity index (χ1) is 7.15. The SMILES string of the molecule is C/C=C(\SCC)B1OCC(C)(CO)CO1. The predicted molar refractivity (Wildman–Crippen MR) is 64.7 cm³/mol. The average molecular weight is 230 g/mol. The van der Waals surface area contributed by atoms with Gasteiger partial charge in [-0.2, -0.15) is 0 Å². The van der Waals surface area contributed by atoms with E-state index in [1.54, 1.807) is 11.8 Å². The number of aliphatic hydroxyl groups excluding tert-OH is 1. The van der Waals surface area contributed by atoms with Gasteiger partial charge in [0.15, 0.2) is 0 Å². The third-order valence-corrected chi connectivity index (χ3v) is 3.43. The Hall–Kier alpha value is 0.0349. The van der Waals surface area contributed by atoms with Crippen molar-refractivity contribution in [1.29, 1.82) is 0 Å². The van der Waals surface area contributed by atoms with Crippen molar-refractivity contribution in [2.24, 2.45) is 5.41 Å². The van der Waals surface area contributed by atoms with Gasteiger partial charge in [-0.3, -0.25) is 0 Å². The van der Waals surface area contributed by atoms with Gasteiger partial charge in [0.25, 0.3) is 0 Å². The van der Waals surface area contributed by atoms with Crippen molar-refractivity contribution >= 4 is 18.9 Å². The maximum absolute atomic E-state index is 9.16. The normalized spacial score (nSPS) is 21.9. The van der Waals surface area contributed by atoms with Crippen molar-refractivity contribution in [3.63, 3.8) is 0 Å². The van der Waals surface area contributed by atoms with E-state index >= 15 is 0 Å². The summed E-state index contributed by atoms with van der Waals surface area (Å²) in [5.41, 5.74) is -0.244. The van der Waals surface area contributed by atoms with E-state index in [-0.39, 0.29) is 19.1 Å². The summed E-state index contributed by atoms with van der Waals surface area (Å²) >= 11 is 1.74. The molecule has 1 fully saturated rings. The second-order valence-corrected chi connectivity index (χ2v) is 5.38. The molecule has 1 saturated heterocycles. The van der Waals surface area contributed by atoms with Gasteiger partial charge in [0.1, 0.15) is 0 Å². The lowest BCUT2D eigenvalue weighted by molar-refractivity contribution is -0.0153. The molecule has 0 aromatic heterocycles. The van der Waals surface area contributed by atoms with Gasteiger partial charge in [-0.1, -0.05) is 19.9 Å². The second kappa shape index (κ2) is 5.94. The standard InChI is InChI=1S/C10H19BO3S/c1-4-9(15-5-2)11-13-7-10(3,6-12)8-14-11/h4,12H,5-8H2,1-3H3/b9-4-. The van der Waals surface area contributed by atoms with Crippen molar-refractivity contribution in [3.05, 3.63) is 10.9 Å². The fourth-order valence-electron chi connectivity index (χ4n) is 1.35. The molecular weight excluding hydrogens is 211 g/mol. The van der Waals surface area contributed by atoms with Gasteiger partial charge < -0.3 is 14.4 Å². The fourth-order valence-corrected chi connectivity index (χ4v) is 2.13. The third-order valence-electron chi connectivity index (χ3n) is 2.38. The summed E-state index contributed by atoms with van der Waals surface area (Å²) in [6.07, 6.45) is 2.03. The molecule has 0 atom stereocenters. The lowest BCUT2D eigenvalue weighted by Gasteiger charge is -2.35. The van der Waals surface area contributed by atoms with Crippen molar-refractivity contribution < 1.29 is 14.4 Å². The van der Waals surface area contributed by atoms with Gasteiger partial charge in [0.05, 0.1) is 6.61 Å². The minimum Gasteiger partial charge on any atom is -0.406 e. The summed E-state index contributed by atoms with van der Waals surface area (Å²) in [5, 5.41) is 9.16. The van der Waals surface area contributed by atoms with Crippen LogP contribution in [0.3, 0.4) is 0 Å². The summed E-state index contributed by atoms with van der Waals surface area (Å²) in [6.45, 7) is 7.27. The molecule has 0 aliphatic carbocycles. The Morgan fingerprint density at radius 2 is 2.13 bits per heavy atom. The molecule has 0 amide bonds. The van der Waals surface area contributed by atoms with E-state index in [2.05, 4.69) is 6.92 Å². The number of rotatable bonds is 4. The number of thioether (sulfide) groups is 1. The monoisotopic (exact) mass is 230 g/mol. The zero-order chi connectivity index (χ0) is 11.3. The quantitative estimate of drug-likeness (QED) is 0.746. The molecule has 86 valence electrons. The highest BCUT2D eigenvalue weighted by Gasteiger charge is 2.36. The van der Waals surface area contributed by atoms with Gasteiger partial charge in [0.2, 0.25) is 0 Å². The van der Waals surface area contributed by atoms with Crippen LogP contribution >= 0.6 is 11.8 Å². The van der Waals surface area contributed by atoms with Gasteiger partial charge in [-0.25, -0.2) is 0 Å². The number of allylic oxidation sites excluding steroid dienone is 1. The molecule has 0 aromatic rings. The molecule has 1 rings (SSSR count). The molecule has 5 heteroatoms. The van der Waals surface area contributed by atoms with Crippen molar-refractivity contribution in [2.45, 2.75) is 20.8 Å². The van der Waals surface area contributed by atoms with E-state index in [1.165, 1.54) is 0 Å². The van der Waals surface area contributed by atoms with E-state index in [4.69, 9.17) is 14.4 Å². The maximum atomic E-state index is 9.16. The van der Waals surface area contributed by atoms with Crippen LogP contribution in [0.1, 0.15) is 20.8 Å². The molecule has 1 aliphatic rings. The molecule has 0 saturated carbocycles. The van der Waals surface area contributed by atoms with Crippen LogP contribution in [0.4, 0.5) is 0 Å². The Morgan fingerprint density at radius 3 is 2.53 bits per heavy atom. The van der Waals surface area contributed by atoms with Gasteiger partial charge in [0, 0.05) is 23.4 Å². The van der Waals surface area contributed by atoms with Crippen LogP contribution in [-0.2, 0) is 9.31 Å². The van der Waals surface area contributed by atoms with Gasteiger partial charge in [-0.05, 0) is 12.7 Å². The lowest BCUT2D eigenvalue weighted by atomic mass is 9.82. The minimum atomic E-state index is -0.244. The fraction of sp³-hybridized carbons (Fsp3) is 0.800. The minimum absolute atomic E-state index is 0.103. The molecule has 3 nitrogen and oxygen atoms in total. The highest BCUT2D eigenvalue weighted by molar-refractivity contribution is 8.04.